The van der Waals surface area contributed by atoms with E-state index in [2.05, 4.69) is 11.4 Å². The van der Waals surface area contributed by atoms with Crippen molar-refractivity contribution in [3.63, 3.8) is 0 Å². The zero-order chi connectivity index (χ0) is 12.7. The van der Waals surface area contributed by atoms with E-state index in [1.165, 1.54) is 0 Å². The highest BCUT2D eigenvalue weighted by molar-refractivity contribution is 5.69. The minimum absolute atomic E-state index is 0.182. The summed E-state index contributed by atoms with van der Waals surface area (Å²) in [7, 11) is 0. The zero-order valence-electron chi connectivity index (χ0n) is 10.8. The van der Waals surface area contributed by atoms with Crippen LogP contribution in [-0.2, 0) is 4.74 Å². The molecule has 2 bridgehead atoms. The lowest BCUT2D eigenvalue weighted by Crippen LogP contribution is -2.47. The van der Waals surface area contributed by atoms with Gasteiger partial charge in [-0.15, -0.1) is 0 Å². The summed E-state index contributed by atoms with van der Waals surface area (Å²) in [6.45, 7) is 5.56. The first-order valence-corrected chi connectivity index (χ1v) is 6.21. The van der Waals surface area contributed by atoms with Crippen molar-refractivity contribution in [3.8, 4) is 6.07 Å². The molecule has 2 rings (SSSR count). The van der Waals surface area contributed by atoms with Gasteiger partial charge in [-0.3, -0.25) is 0 Å². The van der Waals surface area contributed by atoms with Gasteiger partial charge in [0.1, 0.15) is 5.60 Å². The van der Waals surface area contributed by atoms with E-state index in [1.54, 1.807) is 0 Å². The number of nitrogens with one attached hydrogen (secondary N) is 1. The molecule has 2 aliphatic carbocycles. The van der Waals surface area contributed by atoms with E-state index in [0.29, 0.717) is 0 Å². The van der Waals surface area contributed by atoms with Crippen LogP contribution in [0.15, 0.2) is 0 Å². The molecule has 2 saturated carbocycles. The average Bonchev–Trinajstić information content (AvgIpc) is 2.70. The summed E-state index contributed by atoms with van der Waals surface area (Å²) in [6.07, 6.45) is 4.04. The molecular formula is C13H20N2O2. The number of nitrogens with zero attached hydrogens (tertiary/aromatic N) is 1. The number of ether oxygens (including phenoxy) is 1. The number of hydrogen-bond donors (Lipinski definition) is 1. The lowest BCUT2D eigenvalue weighted by Gasteiger charge is -2.29. The van der Waals surface area contributed by atoms with Gasteiger partial charge >= 0.3 is 6.09 Å². The summed E-state index contributed by atoms with van der Waals surface area (Å²) < 4.78 is 5.28. The smallest absolute Gasteiger partial charge is 0.408 e. The van der Waals surface area contributed by atoms with Gasteiger partial charge in [0.05, 0.1) is 11.5 Å². The van der Waals surface area contributed by atoms with Crippen LogP contribution < -0.4 is 5.32 Å². The van der Waals surface area contributed by atoms with E-state index >= 15 is 0 Å². The summed E-state index contributed by atoms with van der Waals surface area (Å²) in [5.41, 5.74) is -0.836. The van der Waals surface area contributed by atoms with Crippen molar-refractivity contribution in [1.29, 1.82) is 5.26 Å². The van der Waals surface area contributed by atoms with Crippen LogP contribution in [-0.4, -0.2) is 17.2 Å². The Kier molecular flexibility index (Phi) is 2.61. The molecule has 0 spiro atoms. The number of fused-ring (bicyclic) bond motifs is 2. The molecule has 2 aliphatic rings. The third-order valence-corrected chi connectivity index (χ3v) is 3.84. The first-order chi connectivity index (χ1) is 7.78. The molecule has 0 aromatic carbocycles. The van der Waals surface area contributed by atoms with Crippen molar-refractivity contribution in [2.45, 2.75) is 64.0 Å². The molecule has 17 heavy (non-hydrogen) atoms. The lowest BCUT2D eigenvalue weighted by molar-refractivity contribution is 0.0458. The SMILES string of the molecule is CC(C)(C)OC(=O)NC12CCC(C#N)(CC1)C2. The highest BCUT2D eigenvalue weighted by Gasteiger charge is 2.55. The van der Waals surface area contributed by atoms with Crippen LogP contribution >= 0.6 is 0 Å². The Morgan fingerprint density at radius 2 is 1.88 bits per heavy atom. The van der Waals surface area contributed by atoms with E-state index in [0.717, 1.165) is 32.1 Å². The van der Waals surface area contributed by atoms with E-state index < -0.39 is 5.60 Å². The normalized spacial score (nSPS) is 35.4. The maximum Gasteiger partial charge on any atom is 0.408 e. The first kappa shape index (κ1) is 12.2. The third kappa shape index (κ3) is 2.38. The number of rotatable bonds is 1. The Morgan fingerprint density at radius 3 is 2.29 bits per heavy atom. The molecule has 0 unspecified atom stereocenters. The number of amides is 1. The predicted octanol–water partition coefficient (Wildman–Crippen LogP) is 2.74. The molecule has 4 heteroatoms. The Morgan fingerprint density at radius 1 is 1.29 bits per heavy atom. The molecule has 94 valence electrons. The van der Waals surface area contributed by atoms with E-state index in [1.807, 2.05) is 20.8 Å². The van der Waals surface area contributed by atoms with Gasteiger partial charge in [0.15, 0.2) is 0 Å². The number of nitriles is 1. The minimum Gasteiger partial charge on any atom is -0.444 e. The standard InChI is InChI=1S/C13H20N2O2/c1-11(2,3)17-10(16)15-13-6-4-12(8-13,9-14)5-7-13/h4-8H2,1-3H3,(H,15,16). The van der Waals surface area contributed by atoms with Crippen molar-refractivity contribution in [3.05, 3.63) is 0 Å². The van der Waals surface area contributed by atoms with E-state index in [4.69, 9.17) is 4.74 Å². The molecule has 0 radical (unpaired) electrons. The molecule has 0 aliphatic heterocycles. The largest absolute Gasteiger partial charge is 0.444 e. The van der Waals surface area contributed by atoms with Crippen LogP contribution in [0.25, 0.3) is 0 Å². The van der Waals surface area contributed by atoms with Gasteiger partial charge in [0.2, 0.25) is 0 Å². The molecule has 0 aromatic rings. The van der Waals surface area contributed by atoms with Crippen molar-refractivity contribution >= 4 is 6.09 Å². The second-order valence-electron chi connectivity index (χ2n) is 6.48. The van der Waals surface area contributed by atoms with Gasteiger partial charge in [0, 0.05) is 5.54 Å². The lowest BCUT2D eigenvalue weighted by atomic mass is 9.86. The van der Waals surface area contributed by atoms with E-state index in [-0.39, 0.29) is 17.0 Å². The molecule has 1 amide bonds. The number of carbonyl (C=O) groups excluding carboxylic acids is 1. The molecule has 0 atom stereocenters. The summed E-state index contributed by atoms with van der Waals surface area (Å²) in [4.78, 5) is 11.8. The zero-order valence-corrected chi connectivity index (χ0v) is 10.8. The Balaban J connectivity index is 1.98. The van der Waals surface area contributed by atoms with Crippen LogP contribution in [0.5, 0.6) is 0 Å². The second-order valence-corrected chi connectivity index (χ2v) is 6.48. The Hall–Kier alpha value is -1.24. The quantitative estimate of drug-likeness (QED) is 0.761. The molecule has 2 fully saturated rings. The monoisotopic (exact) mass is 236 g/mol. The van der Waals surface area contributed by atoms with Gasteiger partial charge in [-0.25, -0.2) is 4.79 Å². The fourth-order valence-corrected chi connectivity index (χ4v) is 3.05. The van der Waals surface area contributed by atoms with Crippen molar-refractivity contribution in [2.75, 3.05) is 0 Å². The number of carbonyl (C=O) groups is 1. The Bertz CT molecular complexity index is 368. The molecule has 0 heterocycles. The molecule has 4 nitrogen and oxygen atoms in total. The fourth-order valence-electron chi connectivity index (χ4n) is 3.05. The van der Waals surface area contributed by atoms with Crippen molar-refractivity contribution in [1.82, 2.24) is 5.32 Å². The summed E-state index contributed by atoms with van der Waals surface area (Å²) in [5, 5.41) is 12.2. The first-order valence-electron chi connectivity index (χ1n) is 6.21. The van der Waals surface area contributed by atoms with Crippen LogP contribution in [0.1, 0.15) is 52.9 Å². The van der Waals surface area contributed by atoms with Crippen LogP contribution in [0.4, 0.5) is 4.79 Å². The molecule has 0 saturated heterocycles. The second kappa shape index (κ2) is 3.63. The topological polar surface area (TPSA) is 62.1 Å². The summed E-state index contributed by atoms with van der Waals surface area (Å²) >= 11 is 0. The highest BCUT2D eigenvalue weighted by Crippen LogP contribution is 2.56. The number of alkyl carbamates (subject to hydrolysis) is 1. The summed E-state index contributed by atoms with van der Waals surface area (Å²) in [6, 6.07) is 2.42. The van der Waals surface area contributed by atoms with Gasteiger partial charge < -0.3 is 10.1 Å². The fraction of sp³-hybridized carbons (Fsp3) is 0.846. The van der Waals surface area contributed by atoms with Gasteiger partial charge in [0.25, 0.3) is 0 Å². The minimum atomic E-state index is -0.468. The van der Waals surface area contributed by atoms with Gasteiger partial charge in [-0.1, -0.05) is 0 Å². The average molecular weight is 236 g/mol. The van der Waals surface area contributed by atoms with E-state index in [9.17, 15) is 10.1 Å². The van der Waals surface area contributed by atoms with Crippen LogP contribution in [0.2, 0.25) is 0 Å². The summed E-state index contributed by atoms with van der Waals surface area (Å²) in [5.74, 6) is 0. The highest BCUT2D eigenvalue weighted by atomic mass is 16.6. The van der Waals surface area contributed by atoms with Crippen molar-refractivity contribution < 1.29 is 9.53 Å². The number of hydrogen-bond acceptors (Lipinski definition) is 3. The van der Waals surface area contributed by atoms with Crippen molar-refractivity contribution in [2.24, 2.45) is 5.41 Å². The van der Waals surface area contributed by atoms with Gasteiger partial charge in [-0.05, 0) is 52.9 Å². The predicted molar refractivity (Wildman–Crippen MR) is 63.2 cm³/mol. The maximum absolute atomic E-state index is 11.8. The molecular weight excluding hydrogens is 216 g/mol. The molecule has 1 N–H and O–H groups in total. The molecule has 0 aromatic heterocycles. The van der Waals surface area contributed by atoms with Crippen LogP contribution in [0, 0.1) is 16.7 Å². The van der Waals surface area contributed by atoms with Gasteiger partial charge in [-0.2, -0.15) is 5.26 Å². The maximum atomic E-state index is 11.8. The Labute approximate surface area is 102 Å². The van der Waals surface area contributed by atoms with Crippen LogP contribution in [0.3, 0.4) is 0 Å². The third-order valence-electron chi connectivity index (χ3n) is 3.84.